The van der Waals surface area contributed by atoms with Gasteiger partial charge in [-0.2, -0.15) is 4.98 Å². The number of hydrogen-bond acceptors (Lipinski definition) is 3. The highest BCUT2D eigenvalue weighted by Gasteiger charge is 2.12. The van der Waals surface area contributed by atoms with Crippen molar-refractivity contribution < 1.29 is 4.42 Å². The Morgan fingerprint density at radius 2 is 2.12 bits per heavy atom. The molecule has 0 spiro atoms. The van der Waals surface area contributed by atoms with Crippen LogP contribution in [0.3, 0.4) is 0 Å². The molecular weight excluding hydrogens is 268 g/mol. The Labute approximate surface area is 104 Å². The molecule has 1 aromatic heterocycles. The predicted molar refractivity (Wildman–Crippen MR) is 70.3 cm³/mol. The average Bonchev–Trinajstić information content (AvgIpc) is 2.72. The molecule has 16 heavy (non-hydrogen) atoms. The van der Waals surface area contributed by atoms with Crippen LogP contribution in [0.25, 0.3) is 11.1 Å². The van der Waals surface area contributed by atoms with Gasteiger partial charge in [-0.15, -0.1) is 0 Å². The van der Waals surface area contributed by atoms with E-state index in [1.54, 1.807) is 0 Å². The molecule has 0 saturated carbocycles. The van der Waals surface area contributed by atoms with Crippen molar-refractivity contribution in [2.24, 2.45) is 0 Å². The van der Waals surface area contributed by atoms with E-state index in [9.17, 15) is 0 Å². The van der Waals surface area contributed by atoms with E-state index in [4.69, 9.17) is 4.42 Å². The summed E-state index contributed by atoms with van der Waals surface area (Å²) in [5.74, 6) is 0. The lowest BCUT2D eigenvalue weighted by molar-refractivity contribution is 0.569. The Kier molecular flexibility index (Phi) is 3.83. The van der Waals surface area contributed by atoms with Gasteiger partial charge in [-0.05, 0) is 18.6 Å². The number of para-hydroxylation sites is 2. The van der Waals surface area contributed by atoms with Crippen molar-refractivity contribution in [3.05, 3.63) is 24.3 Å². The van der Waals surface area contributed by atoms with Crippen molar-refractivity contribution in [3.8, 4) is 0 Å². The minimum absolute atomic E-state index is 0.725. The van der Waals surface area contributed by atoms with E-state index >= 15 is 0 Å². The maximum absolute atomic E-state index is 5.73. The number of halogens is 1. The van der Waals surface area contributed by atoms with Crippen molar-refractivity contribution in [1.82, 2.24) is 4.98 Å². The molecule has 0 saturated heterocycles. The first-order chi connectivity index (χ1) is 7.85. The molecule has 0 unspecified atom stereocenters. The molecule has 3 nitrogen and oxygen atoms in total. The van der Waals surface area contributed by atoms with Crippen LogP contribution in [0, 0.1) is 0 Å². The lowest BCUT2D eigenvalue weighted by Gasteiger charge is -2.17. The second-order valence-corrected chi connectivity index (χ2v) is 4.43. The summed E-state index contributed by atoms with van der Waals surface area (Å²) in [4.78, 5) is 6.65. The SMILES string of the molecule is CCCN(CCBr)c1nc2ccccc2o1. The summed E-state index contributed by atoms with van der Waals surface area (Å²) in [6, 6.07) is 8.59. The van der Waals surface area contributed by atoms with Crippen molar-refractivity contribution in [2.75, 3.05) is 23.3 Å². The van der Waals surface area contributed by atoms with Crippen LogP contribution in [0.2, 0.25) is 0 Å². The first-order valence-corrected chi connectivity index (χ1v) is 6.63. The number of rotatable bonds is 5. The van der Waals surface area contributed by atoms with E-state index in [2.05, 4.69) is 32.7 Å². The molecule has 86 valence electrons. The van der Waals surface area contributed by atoms with E-state index in [0.717, 1.165) is 42.0 Å². The van der Waals surface area contributed by atoms with Gasteiger partial charge in [0.15, 0.2) is 5.58 Å². The van der Waals surface area contributed by atoms with Crippen LogP contribution >= 0.6 is 15.9 Å². The van der Waals surface area contributed by atoms with Crippen LogP contribution < -0.4 is 4.90 Å². The van der Waals surface area contributed by atoms with Crippen LogP contribution in [0.5, 0.6) is 0 Å². The number of oxazole rings is 1. The van der Waals surface area contributed by atoms with Gasteiger partial charge in [0.1, 0.15) is 5.52 Å². The topological polar surface area (TPSA) is 29.3 Å². The molecule has 2 rings (SSSR count). The molecule has 1 aromatic carbocycles. The monoisotopic (exact) mass is 282 g/mol. The number of anilines is 1. The summed E-state index contributed by atoms with van der Waals surface area (Å²) in [5.41, 5.74) is 1.78. The molecule has 0 amide bonds. The summed E-state index contributed by atoms with van der Waals surface area (Å²) in [6.45, 7) is 4.04. The van der Waals surface area contributed by atoms with Gasteiger partial charge in [0.25, 0.3) is 6.01 Å². The average molecular weight is 283 g/mol. The highest BCUT2D eigenvalue weighted by atomic mass is 79.9. The molecule has 4 heteroatoms. The smallest absolute Gasteiger partial charge is 0.298 e. The maximum atomic E-state index is 5.73. The minimum Gasteiger partial charge on any atom is -0.423 e. The molecule has 0 fully saturated rings. The molecular formula is C12H15BrN2O. The second-order valence-electron chi connectivity index (χ2n) is 3.64. The Morgan fingerprint density at radius 3 is 2.81 bits per heavy atom. The molecule has 0 aliphatic carbocycles. The molecule has 0 bridgehead atoms. The van der Waals surface area contributed by atoms with Gasteiger partial charge in [0.2, 0.25) is 0 Å². The van der Waals surface area contributed by atoms with Gasteiger partial charge in [0.05, 0.1) is 0 Å². The number of benzene rings is 1. The van der Waals surface area contributed by atoms with E-state index < -0.39 is 0 Å². The molecule has 0 atom stereocenters. The van der Waals surface area contributed by atoms with Crippen molar-refractivity contribution in [2.45, 2.75) is 13.3 Å². The standard InChI is InChI=1S/C12H15BrN2O/c1-2-8-15(9-7-13)12-14-10-5-3-4-6-11(10)16-12/h3-6H,2,7-9H2,1H3. The first kappa shape index (κ1) is 11.5. The van der Waals surface area contributed by atoms with Crippen molar-refractivity contribution >= 4 is 33.0 Å². The normalized spacial score (nSPS) is 10.9. The van der Waals surface area contributed by atoms with E-state index in [0.29, 0.717) is 0 Å². The lowest BCUT2D eigenvalue weighted by atomic mass is 10.3. The van der Waals surface area contributed by atoms with Gasteiger partial charge in [-0.25, -0.2) is 0 Å². The summed E-state index contributed by atoms with van der Waals surface area (Å²) < 4.78 is 5.73. The molecule has 0 aliphatic heterocycles. The Bertz CT molecular complexity index is 416. The highest BCUT2D eigenvalue weighted by Crippen LogP contribution is 2.21. The fourth-order valence-corrected chi connectivity index (χ4v) is 2.10. The summed E-state index contributed by atoms with van der Waals surface area (Å²) in [7, 11) is 0. The first-order valence-electron chi connectivity index (χ1n) is 5.51. The van der Waals surface area contributed by atoms with E-state index in [1.165, 1.54) is 0 Å². The van der Waals surface area contributed by atoms with Crippen LogP contribution in [0.15, 0.2) is 28.7 Å². The van der Waals surface area contributed by atoms with Crippen molar-refractivity contribution in [1.29, 1.82) is 0 Å². The van der Waals surface area contributed by atoms with Crippen LogP contribution in [0.4, 0.5) is 6.01 Å². The molecule has 1 heterocycles. The molecule has 0 aliphatic rings. The van der Waals surface area contributed by atoms with E-state index in [1.807, 2.05) is 24.3 Å². The quantitative estimate of drug-likeness (QED) is 0.787. The number of hydrogen-bond donors (Lipinski definition) is 0. The highest BCUT2D eigenvalue weighted by molar-refractivity contribution is 9.09. The van der Waals surface area contributed by atoms with Crippen molar-refractivity contribution in [3.63, 3.8) is 0 Å². The number of alkyl halides is 1. The Hall–Kier alpha value is -1.03. The van der Waals surface area contributed by atoms with Gasteiger partial charge < -0.3 is 9.32 Å². The zero-order valence-corrected chi connectivity index (χ0v) is 10.9. The third-order valence-electron chi connectivity index (χ3n) is 2.40. The fraction of sp³-hybridized carbons (Fsp3) is 0.417. The Balaban J connectivity index is 2.29. The maximum Gasteiger partial charge on any atom is 0.298 e. The summed E-state index contributed by atoms with van der Waals surface area (Å²) in [5, 5.41) is 0.922. The number of nitrogens with zero attached hydrogens (tertiary/aromatic N) is 2. The minimum atomic E-state index is 0.725. The zero-order chi connectivity index (χ0) is 11.4. The van der Waals surface area contributed by atoms with Crippen LogP contribution in [-0.2, 0) is 0 Å². The predicted octanol–water partition coefficient (Wildman–Crippen LogP) is 3.44. The third-order valence-corrected chi connectivity index (χ3v) is 2.76. The van der Waals surface area contributed by atoms with Crippen LogP contribution in [-0.4, -0.2) is 23.4 Å². The van der Waals surface area contributed by atoms with Gasteiger partial charge >= 0.3 is 0 Å². The van der Waals surface area contributed by atoms with Crippen LogP contribution in [0.1, 0.15) is 13.3 Å². The fourth-order valence-electron chi connectivity index (χ4n) is 1.67. The Morgan fingerprint density at radius 1 is 1.31 bits per heavy atom. The van der Waals surface area contributed by atoms with Gasteiger partial charge in [-0.3, -0.25) is 0 Å². The molecule has 2 aromatic rings. The number of fused-ring (bicyclic) bond motifs is 1. The summed E-state index contributed by atoms with van der Waals surface area (Å²) in [6.07, 6.45) is 1.09. The van der Waals surface area contributed by atoms with Gasteiger partial charge in [-0.1, -0.05) is 35.0 Å². The second kappa shape index (κ2) is 5.34. The molecule has 0 radical (unpaired) electrons. The van der Waals surface area contributed by atoms with E-state index in [-0.39, 0.29) is 0 Å². The number of aromatic nitrogens is 1. The third kappa shape index (κ3) is 2.38. The molecule has 0 N–H and O–H groups in total. The summed E-state index contributed by atoms with van der Waals surface area (Å²) >= 11 is 3.45. The largest absolute Gasteiger partial charge is 0.423 e. The zero-order valence-electron chi connectivity index (χ0n) is 9.32. The van der Waals surface area contributed by atoms with Gasteiger partial charge in [0, 0.05) is 18.4 Å². The lowest BCUT2D eigenvalue weighted by Crippen LogP contribution is -2.26.